The molecule has 0 aliphatic carbocycles. The number of anilines is 1. The van der Waals surface area contributed by atoms with Gasteiger partial charge in [0, 0.05) is 34.2 Å². The largest absolute Gasteiger partial charge is 0.505 e. The molecule has 0 fully saturated rings. The highest BCUT2D eigenvalue weighted by Gasteiger charge is 2.35. The number of rotatable bonds is 7. The van der Waals surface area contributed by atoms with E-state index in [1.54, 1.807) is 44.2 Å². The first-order chi connectivity index (χ1) is 19.8. The maximum atomic E-state index is 13.7. The Morgan fingerprint density at radius 3 is 2.57 bits per heavy atom. The van der Waals surface area contributed by atoms with Crippen LogP contribution in [0.1, 0.15) is 29.2 Å². The molecule has 0 saturated heterocycles. The molecule has 0 aliphatic heterocycles. The van der Waals surface area contributed by atoms with Gasteiger partial charge >= 0.3 is 17.8 Å². The van der Waals surface area contributed by atoms with Crippen molar-refractivity contribution < 1.29 is 41.4 Å². The lowest BCUT2D eigenvalue weighted by Gasteiger charge is -2.16. The lowest BCUT2D eigenvalue weighted by atomic mass is 9.93. The lowest BCUT2D eigenvalue weighted by molar-refractivity contribution is -0.138. The number of benzene rings is 3. The number of aryl methyl sites for hydroxylation is 1. The minimum atomic E-state index is -5.06. The standard InChI is InChI=1S/C30H22ClF4NO6/c1-3-41-27(39)8-7-16-5-4-6-17(10-16)28-18-9-15(2)21(31)13-25(18)42-29(40)19(28)11-26(38)36-23-14-24(37)22(32)12-20(23)30(33,34)35/h4-10,12-14,37H,3,11H2,1-2H3,(H,36,38)/b8-7+. The molecule has 7 nitrogen and oxygen atoms in total. The van der Waals surface area contributed by atoms with Crippen LogP contribution in [0, 0.1) is 12.7 Å². The Labute approximate surface area is 241 Å². The summed E-state index contributed by atoms with van der Waals surface area (Å²) >= 11 is 6.23. The monoisotopic (exact) mass is 603 g/mol. The average Bonchev–Trinajstić information content (AvgIpc) is 2.91. The van der Waals surface area contributed by atoms with Crippen LogP contribution in [0.5, 0.6) is 5.75 Å². The number of amides is 1. The summed E-state index contributed by atoms with van der Waals surface area (Å²) in [5, 5.41) is 12.3. The van der Waals surface area contributed by atoms with E-state index in [0.29, 0.717) is 33.2 Å². The molecule has 0 atom stereocenters. The van der Waals surface area contributed by atoms with Gasteiger partial charge in [-0.25, -0.2) is 14.0 Å². The summed E-state index contributed by atoms with van der Waals surface area (Å²) in [7, 11) is 0. The van der Waals surface area contributed by atoms with Crippen LogP contribution in [0.3, 0.4) is 0 Å². The molecule has 42 heavy (non-hydrogen) atoms. The van der Waals surface area contributed by atoms with E-state index < -0.39 is 52.9 Å². The molecule has 0 saturated carbocycles. The topological polar surface area (TPSA) is 106 Å². The highest BCUT2D eigenvalue weighted by atomic mass is 35.5. The van der Waals surface area contributed by atoms with Gasteiger partial charge in [-0.1, -0.05) is 29.8 Å². The predicted molar refractivity (Wildman–Crippen MR) is 149 cm³/mol. The van der Waals surface area contributed by atoms with Crippen LogP contribution in [0.4, 0.5) is 23.2 Å². The van der Waals surface area contributed by atoms with Crippen molar-refractivity contribution in [3.8, 4) is 16.9 Å². The van der Waals surface area contributed by atoms with Crippen LogP contribution in [-0.2, 0) is 26.9 Å². The summed E-state index contributed by atoms with van der Waals surface area (Å²) in [4.78, 5) is 38.0. The van der Waals surface area contributed by atoms with Crippen molar-refractivity contribution in [3.63, 3.8) is 0 Å². The van der Waals surface area contributed by atoms with Crippen molar-refractivity contribution >= 4 is 46.2 Å². The van der Waals surface area contributed by atoms with Crippen LogP contribution in [0.15, 0.2) is 63.8 Å². The third kappa shape index (κ3) is 6.63. The van der Waals surface area contributed by atoms with Crippen molar-refractivity contribution in [2.75, 3.05) is 11.9 Å². The zero-order valence-electron chi connectivity index (χ0n) is 22.1. The van der Waals surface area contributed by atoms with E-state index in [1.807, 2.05) is 5.32 Å². The van der Waals surface area contributed by atoms with Crippen molar-refractivity contribution in [2.24, 2.45) is 0 Å². The minimum Gasteiger partial charge on any atom is -0.505 e. The molecule has 0 bridgehead atoms. The van der Waals surface area contributed by atoms with Crippen LogP contribution < -0.4 is 10.9 Å². The Morgan fingerprint density at radius 1 is 1.14 bits per heavy atom. The number of esters is 1. The van der Waals surface area contributed by atoms with E-state index in [9.17, 15) is 37.1 Å². The molecule has 0 radical (unpaired) electrons. The maximum Gasteiger partial charge on any atom is 0.418 e. The number of phenolic OH excluding ortho intramolecular Hbond substituents is 1. The van der Waals surface area contributed by atoms with Crippen LogP contribution in [-0.4, -0.2) is 23.6 Å². The number of carbonyl (C=O) groups excluding carboxylic acids is 2. The Balaban J connectivity index is 1.84. The number of carbonyl (C=O) groups is 2. The summed E-state index contributed by atoms with van der Waals surface area (Å²) in [6, 6.07) is 10.2. The number of fused-ring (bicyclic) bond motifs is 1. The van der Waals surface area contributed by atoms with Gasteiger partial charge < -0.3 is 19.6 Å². The summed E-state index contributed by atoms with van der Waals surface area (Å²) in [6.45, 7) is 3.55. The number of aromatic hydroxyl groups is 1. The van der Waals surface area contributed by atoms with Crippen molar-refractivity contribution in [2.45, 2.75) is 26.4 Å². The zero-order chi connectivity index (χ0) is 30.8. The predicted octanol–water partition coefficient (Wildman–Crippen LogP) is 7.04. The van der Waals surface area contributed by atoms with Crippen LogP contribution >= 0.6 is 11.6 Å². The van der Waals surface area contributed by atoms with Crippen LogP contribution in [0.25, 0.3) is 28.2 Å². The van der Waals surface area contributed by atoms with E-state index in [-0.39, 0.29) is 29.4 Å². The highest BCUT2D eigenvalue weighted by molar-refractivity contribution is 6.32. The van der Waals surface area contributed by atoms with E-state index in [1.165, 1.54) is 18.2 Å². The van der Waals surface area contributed by atoms with Gasteiger partial charge in [0.25, 0.3) is 0 Å². The smallest absolute Gasteiger partial charge is 0.418 e. The molecular formula is C30H22ClF4NO6. The second kappa shape index (κ2) is 12.1. The number of alkyl halides is 3. The van der Waals surface area contributed by atoms with Crippen LogP contribution in [0.2, 0.25) is 5.02 Å². The second-order valence-electron chi connectivity index (χ2n) is 9.12. The molecule has 0 aliphatic rings. The van der Waals surface area contributed by atoms with Gasteiger partial charge in [0.15, 0.2) is 11.6 Å². The van der Waals surface area contributed by atoms with E-state index in [0.717, 1.165) is 0 Å². The first kappa shape index (κ1) is 30.3. The SMILES string of the molecule is CCOC(=O)/C=C/c1cccc(-c2c(CC(=O)Nc3cc(O)c(F)cc3C(F)(F)F)c(=O)oc3cc(Cl)c(C)cc23)c1. The molecule has 0 unspecified atom stereocenters. The molecule has 1 amide bonds. The molecule has 3 aromatic carbocycles. The molecule has 4 aromatic rings. The van der Waals surface area contributed by atoms with Gasteiger partial charge in [0.05, 0.1) is 29.8 Å². The molecule has 1 heterocycles. The number of hydrogen-bond acceptors (Lipinski definition) is 6. The first-order valence-electron chi connectivity index (χ1n) is 12.4. The molecule has 0 spiro atoms. The molecule has 218 valence electrons. The third-order valence-electron chi connectivity index (χ3n) is 6.16. The summed E-state index contributed by atoms with van der Waals surface area (Å²) in [6.07, 6.45) is -3.09. The second-order valence-corrected chi connectivity index (χ2v) is 9.53. The average molecular weight is 604 g/mol. The minimum absolute atomic E-state index is 0.0581. The van der Waals surface area contributed by atoms with Crippen molar-refractivity contribution in [1.29, 1.82) is 0 Å². The van der Waals surface area contributed by atoms with E-state index in [4.69, 9.17) is 20.8 Å². The number of nitrogens with one attached hydrogen (secondary N) is 1. The Morgan fingerprint density at radius 2 is 1.88 bits per heavy atom. The number of phenols is 1. The van der Waals surface area contributed by atoms with Gasteiger partial charge in [-0.3, -0.25) is 4.79 Å². The Bertz CT molecular complexity index is 1800. The lowest BCUT2D eigenvalue weighted by Crippen LogP contribution is -2.22. The van der Waals surface area contributed by atoms with Gasteiger partial charge in [0.1, 0.15) is 5.58 Å². The van der Waals surface area contributed by atoms with Gasteiger partial charge in [-0.05, 0) is 54.8 Å². The fraction of sp³-hybridized carbons (Fsp3) is 0.167. The number of ether oxygens (including phenoxy) is 1. The fourth-order valence-corrected chi connectivity index (χ4v) is 4.42. The summed E-state index contributed by atoms with van der Waals surface area (Å²) in [5.74, 6) is -4.27. The van der Waals surface area contributed by atoms with E-state index in [2.05, 4.69) is 0 Å². The number of halogens is 5. The Kier molecular flexibility index (Phi) is 8.72. The van der Waals surface area contributed by atoms with Crippen molar-refractivity contribution in [3.05, 3.63) is 98.1 Å². The van der Waals surface area contributed by atoms with E-state index >= 15 is 0 Å². The van der Waals surface area contributed by atoms with Gasteiger partial charge in [-0.2, -0.15) is 13.2 Å². The quantitative estimate of drug-likeness (QED) is 0.102. The molecule has 12 heteroatoms. The molecule has 4 rings (SSSR count). The first-order valence-corrected chi connectivity index (χ1v) is 12.8. The molecule has 1 aromatic heterocycles. The maximum absolute atomic E-state index is 13.7. The molecule has 2 N–H and O–H groups in total. The normalized spacial score (nSPS) is 11.7. The van der Waals surface area contributed by atoms with Gasteiger partial charge in [-0.15, -0.1) is 0 Å². The number of hydrogen-bond donors (Lipinski definition) is 2. The third-order valence-corrected chi connectivity index (χ3v) is 6.57. The highest BCUT2D eigenvalue weighted by Crippen LogP contribution is 2.38. The van der Waals surface area contributed by atoms with Gasteiger partial charge in [0.2, 0.25) is 5.91 Å². The Hall–Kier alpha value is -4.64. The fourth-order valence-electron chi connectivity index (χ4n) is 4.27. The summed E-state index contributed by atoms with van der Waals surface area (Å²) in [5.41, 5.74) is -1.62. The molecular weight excluding hydrogens is 582 g/mol. The zero-order valence-corrected chi connectivity index (χ0v) is 22.8. The van der Waals surface area contributed by atoms with Crippen molar-refractivity contribution in [1.82, 2.24) is 0 Å². The summed E-state index contributed by atoms with van der Waals surface area (Å²) < 4.78 is 64.6.